The minimum Gasteiger partial charge on any atom is -0.496 e. The molecular weight excluding hydrogens is 641 g/mol. The molecule has 0 radical (unpaired) electrons. The molecule has 0 atom stereocenters. The molecule has 1 heterocycles. The zero-order valence-electron chi connectivity index (χ0n) is 27.1. The molecule has 8 nitrogen and oxygen atoms in total. The average molecular weight is 680 g/mol. The molecule has 0 bridgehead atoms. The summed E-state index contributed by atoms with van der Waals surface area (Å²) in [7, 11) is 3.33. The third-order valence-electron chi connectivity index (χ3n) is 8.52. The first kappa shape index (κ1) is 34.2. The number of fused-ring (bicyclic) bond motifs is 1. The lowest BCUT2D eigenvalue weighted by atomic mass is 9.89. The number of carbonyl (C=O) groups excluding carboxylic acids is 3. The topological polar surface area (TPSA) is 102 Å². The van der Waals surface area contributed by atoms with Crippen molar-refractivity contribution in [3.05, 3.63) is 87.5 Å². The second-order valence-corrected chi connectivity index (χ2v) is 14.2. The van der Waals surface area contributed by atoms with Crippen LogP contribution in [0.2, 0.25) is 5.02 Å². The minimum atomic E-state index is -0.605. The maximum atomic E-state index is 14.8. The summed E-state index contributed by atoms with van der Waals surface area (Å²) in [6.07, 6.45) is 2.23. The monoisotopic (exact) mass is 679 g/mol. The molecule has 1 aliphatic rings. The zero-order chi connectivity index (χ0) is 34.0. The van der Waals surface area contributed by atoms with Gasteiger partial charge in [-0.15, -0.1) is 11.3 Å². The number of benzene rings is 3. The van der Waals surface area contributed by atoms with E-state index in [4.69, 9.17) is 26.8 Å². The Morgan fingerprint density at radius 2 is 1.62 bits per heavy atom. The Kier molecular flexibility index (Phi) is 10.1. The smallest absolute Gasteiger partial charge is 0.410 e. The molecule has 248 valence electrons. The van der Waals surface area contributed by atoms with Gasteiger partial charge in [-0.05, 0) is 94.0 Å². The standard InChI is InChI=1S/C36H39ClFN3O5S/c1-36(2,3)46-35(44)40(4)25-14-16-26(17-15-25)41(34(43)32-31(37)30-27(38)7-6-8-29(30)47-32)20-24-19-23(13-18-28(24)45-5)21-9-11-22(12-10-21)33(39)42/h6-13,18-19,25-26H,14-17,20H2,1-5H3,(H2,39,42)/t25-,26-. The first-order chi connectivity index (χ1) is 22.3. The Hall–Kier alpha value is -4.15. The first-order valence-electron chi connectivity index (χ1n) is 15.5. The van der Waals surface area contributed by atoms with Crippen molar-refractivity contribution in [2.24, 2.45) is 5.73 Å². The van der Waals surface area contributed by atoms with Crippen LogP contribution in [0.3, 0.4) is 0 Å². The highest BCUT2D eigenvalue weighted by atomic mass is 35.5. The summed E-state index contributed by atoms with van der Waals surface area (Å²) in [6, 6.07) is 17.2. The Balaban J connectivity index is 1.47. The molecule has 0 saturated heterocycles. The van der Waals surface area contributed by atoms with E-state index in [1.165, 1.54) is 17.4 Å². The van der Waals surface area contributed by atoms with Crippen LogP contribution in [0.15, 0.2) is 60.7 Å². The van der Waals surface area contributed by atoms with Crippen molar-refractivity contribution in [1.82, 2.24) is 9.80 Å². The summed E-state index contributed by atoms with van der Waals surface area (Å²) in [5.74, 6) is -0.672. The lowest BCUT2D eigenvalue weighted by Gasteiger charge is -2.40. The van der Waals surface area contributed by atoms with Crippen LogP contribution in [0.5, 0.6) is 5.75 Å². The number of rotatable bonds is 8. The van der Waals surface area contributed by atoms with Gasteiger partial charge in [-0.25, -0.2) is 9.18 Å². The van der Waals surface area contributed by atoms with Crippen LogP contribution in [-0.4, -0.2) is 59.5 Å². The van der Waals surface area contributed by atoms with Crippen molar-refractivity contribution in [2.45, 2.75) is 70.7 Å². The Bertz CT molecular complexity index is 1790. The minimum absolute atomic E-state index is 0.0405. The van der Waals surface area contributed by atoms with Gasteiger partial charge in [0.25, 0.3) is 5.91 Å². The van der Waals surface area contributed by atoms with Crippen LogP contribution in [0, 0.1) is 5.82 Å². The van der Waals surface area contributed by atoms with Crippen molar-refractivity contribution in [2.75, 3.05) is 14.2 Å². The summed E-state index contributed by atoms with van der Waals surface area (Å²) >= 11 is 7.88. The summed E-state index contributed by atoms with van der Waals surface area (Å²) in [4.78, 5) is 42.6. The number of amides is 3. The summed E-state index contributed by atoms with van der Waals surface area (Å²) < 4.78 is 26.7. The fourth-order valence-electron chi connectivity index (χ4n) is 6.04. The molecule has 47 heavy (non-hydrogen) atoms. The lowest BCUT2D eigenvalue weighted by Crippen LogP contribution is -2.47. The average Bonchev–Trinajstić information content (AvgIpc) is 3.39. The van der Waals surface area contributed by atoms with Crippen LogP contribution in [0.1, 0.15) is 72.0 Å². The molecule has 3 amide bonds. The van der Waals surface area contributed by atoms with E-state index in [0.29, 0.717) is 41.7 Å². The third-order valence-corrected chi connectivity index (χ3v) is 10.2. The maximum Gasteiger partial charge on any atom is 0.410 e. The molecule has 3 aromatic carbocycles. The van der Waals surface area contributed by atoms with Crippen molar-refractivity contribution in [3.8, 4) is 16.9 Å². The van der Waals surface area contributed by atoms with Crippen molar-refractivity contribution < 1.29 is 28.2 Å². The number of nitrogens with two attached hydrogens (primary N) is 1. The van der Waals surface area contributed by atoms with Crippen LogP contribution in [0.25, 0.3) is 21.2 Å². The SMILES string of the molecule is COc1ccc(-c2ccc(C(N)=O)cc2)cc1CN(C(=O)c1sc2cccc(F)c2c1Cl)[C@H]1CC[C@H](N(C)C(=O)OC(C)(C)C)CC1. The Morgan fingerprint density at radius 3 is 2.21 bits per heavy atom. The summed E-state index contributed by atoms with van der Waals surface area (Å²) in [6.45, 7) is 5.72. The fraction of sp³-hybridized carbons (Fsp3) is 0.361. The van der Waals surface area contributed by atoms with E-state index in [1.54, 1.807) is 48.2 Å². The largest absolute Gasteiger partial charge is 0.496 e. The summed E-state index contributed by atoms with van der Waals surface area (Å²) in [5.41, 5.74) is 7.74. The number of halogens is 2. The molecule has 1 aromatic heterocycles. The second kappa shape index (κ2) is 13.9. The van der Waals surface area contributed by atoms with E-state index in [1.807, 2.05) is 51.1 Å². The van der Waals surface area contributed by atoms with E-state index in [2.05, 4.69) is 0 Å². The molecule has 11 heteroatoms. The van der Waals surface area contributed by atoms with Gasteiger partial charge in [0.15, 0.2) is 0 Å². The van der Waals surface area contributed by atoms with Crippen LogP contribution < -0.4 is 10.5 Å². The number of carbonyl (C=O) groups is 3. The van der Waals surface area contributed by atoms with Gasteiger partial charge in [-0.1, -0.05) is 35.9 Å². The predicted molar refractivity (Wildman–Crippen MR) is 184 cm³/mol. The number of methoxy groups -OCH3 is 1. The molecule has 2 N–H and O–H groups in total. The van der Waals surface area contributed by atoms with Gasteiger partial charge in [-0.3, -0.25) is 9.59 Å². The van der Waals surface area contributed by atoms with Gasteiger partial charge in [0.1, 0.15) is 22.0 Å². The van der Waals surface area contributed by atoms with Gasteiger partial charge in [-0.2, -0.15) is 0 Å². The van der Waals surface area contributed by atoms with Crippen LogP contribution >= 0.6 is 22.9 Å². The van der Waals surface area contributed by atoms with E-state index in [-0.39, 0.29) is 45.9 Å². The molecule has 5 rings (SSSR count). The van der Waals surface area contributed by atoms with Crippen LogP contribution in [0.4, 0.5) is 9.18 Å². The van der Waals surface area contributed by atoms with Gasteiger partial charge in [0, 0.05) is 46.9 Å². The summed E-state index contributed by atoms with van der Waals surface area (Å²) in [5, 5.41) is 0.343. The molecule has 0 spiro atoms. The number of hydrogen-bond donors (Lipinski definition) is 1. The van der Waals surface area contributed by atoms with Crippen LogP contribution in [-0.2, 0) is 11.3 Å². The number of hydrogen-bond acceptors (Lipinski definition) is 6. The molecule has 1 aliphatic carbocycles. The van der Waals surface area contributed by atoms with E-state index >= 15 is 0 Å². The number of ether oxygens (including phenoxy) is 2. The molecule has 0 unspecified atom stereocenters. The quantitative estimate of drug-likeness (QED) is 0.202. The molecule has 1 saturated carbocycles. The van der Waals surface area contributed by atoms with E-state index < -0.39 is 17.3 Å². The Labute approximate surface area is 283 Å². The Morgan fingerprint density at radius 1 is 0.979 bits per heavy atom. The third kappa shape index (κ3) is 7.55. The zero-order valence-corrected chi connectivity index (χ0v) is 28.7. The van der Waals surface area contributed by atoms with Crippen molar-refractivity contribution in [1.29, 1.82) is 0 Å². The van der Waals surface area contributed by atoms with Gasteiger partial charge in [0.2, 0.25) is 5.91 Å². The highest BCUT2D eigenvalue weighted by Crippen LogP contribution is 2.40. The number of primary amides is 1. The number of nitrogens with zero attached hydrogens (tertiary/aromatic N) is 2. The normalized spacial score (nSPS) is 16.5. The molecule has 1 fully saturated rings. The molecular formula is C36H39ClFN3O5S. The van der Waals surface area contributed by atoms with E-state index in [9.17, 15) is 18.8 Å². The highest BCUT2D eigenvalue weighted by Gasteiger charge is 2.35. The fourth-order valence-corrected chi connectivity index (χ4v) is 7.55. The first-order valence-corrected chi connectivity index (χ1v) is 16.7. The highest BCUT2D eigenvalue weighted by molar-refractivity contribution is 7.21. The number of thiophene rings is 1. The van der Waals surface area contributed by atoms with Gasteiger partial charge >= 0.3 is 6.09 Å². The maximum absolute atomic E-state index is 14.8. The van der Waals surface area contributed by atoms with Gasteiger partial charge < -0.3 is 25.0 Å². The van der Waals surface area contributed by atoms with Crippen molar-refractivity contribution in [3.63, 3.8) is 0 Å². The predicted octanol–water partition coefficient (Wildman–Crippen LogP) is 8.29. The van der Waals surface area contributed by atoms with Gasteiger partial charge in [0.05, 0.1) is 12.1 Å². The molecule has 4 aromatic rings. The van der Waals surface area contributed by atoms with E-state index in [0.717, 1.165) is 16.7 Å². The second-order valence-electron chi connectivity index (χ2n) is 12.8. The molecule has 0 aliphatic heterocycles. The lowest BCUT2D eigenvalue weighted by molar-refractivity contribution is 0.0144. The van der Waals surface area contributed by atoms with Crippen molar-refractivity contribution >= 4 is 50.9 Å².